The Bertz CT molecular complexity index is 445. The molecule has 1 rings (SSSR count). The van der Waals surface area contributed by atoms with Crippen LogP contribution < -0.4 is 11.1 Å². The summed E-state index contributed by atoms with van der Waals surface area (Å²) in [6.07, 6.45) is -5.66. The molecule has 1 amide bonds. The first-order chi connectivity index (χ1) is 9.34. The number of rotatable bonds is 6. The zero-order valence-corrected chi connectivity index (χ0v) is 11.0. The molecule has 0 fully saturated rings. The molecule has 0 saturated carbocycles. The molecule has 4 nitrogen and oxygen atoms in total. The van der Waals surface area contributed by atoms with Crippen molar-refractivity contribution in [1.29, 1.82) is 0 Å². The Kier molecular flexibility index (Phi) is 5.97. The first-order valence-corrected chi connectivity index (χ1v) is 6.02. The maximum absolute atomic E-state index is 12.3. The molecule has 0 spiro atoms. The lowest BCUT2D eigenvalue weighted by Gasteiger charge is -2.13. The summed E-state index contributed by atoms with van der Waals surface area (Å²) >= 11 is 0. The molecule has 0 radical (unpaired) electrons. The molecule has 7 heteroatoms. The van der Waals surface area contributed by atoms with Gasteiger partial charge >= 0.3 is 6.18 Å². The number of nitrogens with two attached hydrogens (primary N) is 1. The van der Waals surface area contributed by atoms with Crippen LogP contribution in [0.1, 0.15) is 12.0 Å². The third-order valence-electron chi connectivity index (χ3n) is 2.62. The van der Waals surface area contributed by atoms with E-state index in [1.165, 1.54) is 31.4 Å². The molecular formula is C13H17F3N2O2. The lowest BCUT2D eigenvalue weighted by atomic mass is 10.1. The second-order valence-corrected chi connectivity index (χ2v) is 4.34. The van der Waals surface area contributed by atoms with Gasteiger partial charge in [0.2, 0.25) is 5.91 Å². The van der Waals surface area contributed by atoms with Crippen molar-refractivity contribution in [2.75, 3.05) is 19.0 Å². The predicted molar refractivity (Wildman–Crippen MR) is 69.3 cm³/mol. The first kappa shape index (κ1) is 16.5. The van der Waals surface area contributed by atoms with Crippen LogP contribution in [0.2, 0.25) is 0 Å². The van der Waals surface area contributed by atoms with Crippen LogP contribution in [-0.4, -0.2) is 31.8 Å². The number of halogens is 3. The summed E-state index contributed by atoms with van der Waals surface area (Å²) in [6.45, 7) is 0.192. The summed E-state index contributed by atoms with van der Waals surface area (Å²) < 4.78 is 41.8. The molecule has 1 unspecified atom stereocenters. The topological polar surface area (TPSA) is 64.3 Å². The lowest BCUT2D eigenvalue weighted by Crippen LogP contribution is -2.28. The predicted octanol–water partition coefficient (Wildman–Crippen LogP) is 2.09. The van der Waals surface area contributed by atoms with Gasteiger partial charge in [-0.05, 0) is 17.7 Å². The van der Waals surface area contributed by atoms with Gasteiger partial charge in [0, 0.05) is 19.3 Å². The van der Waals surface area contributed by atoms with Gasteiger partial charge in [0.1, 0.15) is 0 Å². The van der Waals surface area contributed by atoms with Gasteiger partial charge in [-0.2, -0.15) is 13.2 Å². The summed E-state index contributed by atoms with van der Waals surface area (Å²) in [5, 5.41) is 2.53. The fraction of sp³-hybridized carbons (Fsp3) is 0.462. The monoisotopic (exact) mass is 290 g/mol. The molecule has 0 aliphatic rings. The van der Waals surface area contributed by atoms with Crippen LogP contribution in [0.15, 0.2) is 24.3 Å². The third kappa shape index (κ3) is 6.03. The van der Waals surface area contributed by atoms with Gasteiger partial charge in [-0.3, -0.25) is 4.79 Å². The Balaban J connectivity index is 2.64. The molecule has 0 saturated heterocycles. The SMILES string of the molecule is COC(CN)CC(=O)Nc1cccc(CC(F)(F)F)c1. The van der Waals surface area contributed by atoms with Crippen molar-refractivity contribution >= 4 is 11.6 Å². The Morgan fingerprint density at radius 3 is 2.70 bits per heavy atom. The molecule has 0 heterocycles. The summed E-state index contributed by atoms with van der Waals surface area (Å²) in [6, 6.07) is 5.66. The molecule has 0 aromatic heterocycles. The molecule has 20 heavy (non-hydrogen) atoms. The van der Waals surface area contributed by atoms with Crippen molar-refractivity contribution in [2.45, 2.75) is 25.1 Å². The average molecular weight is 290 g/mol. The number of ether oxygens (including phenoxy) is 1. The number of hydrogen-bond donors (Lipinski definition) is 2. The van der Waals surface area contributed by atoms with E-state index in [1.807, 2.05) is 0 Å². The molecule has 0 aliphatic carbocycles. The molecular weight excluding hydrogens is 273 g/mol. The lowest BCUT2D eigenvalue weighted by molar-refractivity contribution is -0.127. The first-order valence-electron chi connectivity index (χ1n) is 6.02. The minimum atomic E-state index is -4.27. The Labute approximate surface area is 115 Å². The molecule has 1 aromatic rings. The minimum absolute atomic E-state index is 0.0521. The quantitative estimate of drug-likeness (QED) is 0.843. The number of nitrogens with one attached hydrogen (secondary N) is 1. The number of carbonyl (C=O) groups is 1. The van der Waals surface area contributed by atoms with E-state index in [1.54, 1.807) is 0 Å². The van der Waals surface area contributed by atoms with Crippen LogP contribution in [0.3, 0.4) is 0 Å². The second-order valence-electron chi connectivity index (χ2n) is 4.34. The number of alkyl halides is 3. The van der Waals surface area contributed by atoms with Crippen LogP contribution in [0, 0.1) is 0 Å². The number of hydrogen-bond acceptors (Lipinski definition) is 3. The van der Waals surface area contributed by atoms with Crippen LogP contribution in [-0.2, 0) is 16.0 Å². The van der Waals surface area contributed by atoms with E-state index in [0.29, 0.717) is 5.69 Å². The van der Waals surface area contributed by atoms with Crippen molar-refractivity contribution in [3.63, 3.8) is 0 Å². The zero-order valence-electron chi connectivity index (χ0n) is 11.0. The van der Waals surface area contributed by atoms with E-state index < -0.39 is 18.7 Å². The number of carbonyl (C=O) groups excluding carboxylic acids is 1. The van der Waals surface area contributed by atoms with E-state index in [2.05, 4.69) is 5.32 Å². The minimum Gasteiger partial charge on any atom is -0.380 e. The van der Waals surface area contributed by atoms with Crippen molar-refractivity contribution in [3.05, 3.63) is 29.8 Å². The van der Waals surface area contributed by atoms with Gasteiger partial charge in [-0.25, -0.2) is 0 Å². The molecule has 0 aliphatic heterocycles. The standard InChI is InChI=1S/C13H17F3N2O2/c1-20-11(8-17)6-12(19)18-10-4-2-3-9(5-10)7-13(14,15)16/h2-5,11H,6-8,17H2,1H3,(H,18,19). The number of benzene rings is 1. The van der Waals surface area contributed by atoms with Gasteiger partial charge in [0.25, 0.3) is 0 Å². The van der Waals surface area contributed by atoms with E-state index in [9.17, 15) is 18.0 Å². The van der Waals surface area contributed by atoms with E-state index >= 15 is 0 Å². The van der Waals surface area contributed by atoms with E-state index in [-0.39, 0.29) is 24.4 Å². The largest absolute Gasteiger partial charge is 0.393 e. The maximum Gasteiger partial charge on any atom is 0.393 e. The zero-order chi connectivity index (χ0) is 15.2. The van der Waals surface area contributed by atoms with Gasteiger partial charge in [-0.15, -0.1) is 0 Å². The number of anilines is 1. The molecule has 0 bridgehead atoms. The van der Waals surface area contributed by atoms with Crippen molar-refractivity contribution < 1.29 is 22.7 Å². The maximum atomic E-state index is 12.3. The number of amides is 1. The third-order valence-corrected chi connectivity index (χ3v) is 2.62. The molecule has 1 aromatic carbocycles. The molecule has 3 N–H and O–H groups in total. The summed E-state index contributed by atoms with van der Waals surface area (Å²) in [4.78, 5) is 11.7. The van der Waals surface area contributed by atoms with Gasteiger partial charge < -0.3 is 15.8 Å². The van der Waals surface area contributed by atoms with Crippen LogP contribution >= 0.6 is 0 Å². The molecule has 1 atom stereocenters. The Morgan fingerprint density at radius 1 is 1.45 bits per heavy atom. The van der Waals surface area contributed by atoms with Gasteiger partial charge in [0.15, 0.2) is 0 Å². The fourth-order valence-corrected chi connectivity index (χ4v) is 1.67. The average Bonchev–Trinajstić information content (AvgIpc) is 2.34. The molecule has 112 valence electrons. The van der Waals surface area contributed by atoms with Gasteiger partial charge in [-0.1, -0.05) is 12.1 Å². The fourth-order valence-electron chi connectivity index (χ4n) is 1.67. The summed E-state index contributed by atoms with van der Waals surface area (Å²) in [5.41, 5.74) is 5.81. The van der Waals surface area contributed by atoms with E-state index in [4.69, 9.17) is 10.5 Å². The highest BCUT2D eigenvalue weighted by molar-refractivity contribution is 5.91. The Morgan fingerprint density at radius 2 is 2.15 bits per heavy atom. The van der Waals surface area contributed by atoms with Crippen LogP contribution in [0.5, 0.6) is 0 Å². The highest BCUT2D eigenvalue weighted by Crippen LogP contribution is 2.22. The van der Waals surface area contributed by atoms with Crippen LogP contribution in [0.4, 0.5) is 18.9 Å². The van der Waals surface area contributed by atoms with Gasteiger partial charge in [0.05, 0.1) is 18.9 Å². The van der Waals surface area contributed by atoms with Crippen molar-refractivity contribution in [1.82, 2.24) is 0 Å². The number of methoxy groups -OCH3 is 1. The Hall–Kier alpha value is -1.60. The highest BCUT2D eigenvalue weighted by Gasteiger charge is 2.27. The van der Waals surface area contributed by atoms with Crippen molar-refractivity contribution in [3.8, 4) is 0 Å². The summed E-state index contributed by atoms with van der Waals surface area (Å²) in [5.74, 6) is -0.355. The van der Waals surface area contributed by atoms with Crippen molar-refractivity contribution in [2.24, 2.45) is 5.73 Å². The second kappa shape index (κ2) is 7.25. The normalized spacial score (nSPS) is 13.1. The van der Waals surface area contributed by atoms with E-state index in [0.717, 1.165) is 0 Å². The summed E-state index contributed by atoms with van der Waals surface area (Å²) in [7, 11) is 1.44. The smallest absolute Gasteiger partial charge is 0.380 e. The van der Waals surface area contributed by atoms with Crippen LogP contribution in [0.25, 0.3) is 0 Å². The highest BCUT2D eigenvalue weighted by atomic mass is 19.4.